The topological polar surface area (TPSA) is 124 Å². The zero-order chi connectivity index (χ0) is 36.6. The fourth-order valence-electron chi connectivity index (χ4n) is 7.07. The van der Waals surface area contributed by atoms with Crippen LogP contribution in [-0.2, 0) is 21.9 Å². The number of fused-ring (bicyclic) bond motifs is 1. The molecule has 274 valence electrons. The number of imidazole rings is 1. The molecule has 0 amide bonds. The number of H-pyrrole nitrogens is 1. The van der Waals surface area contributed by atoms with Gasteiger partial charge in [0.15, 0.2) is 11.5 Å². The quantitative estimate of drug-likeness (QED) is 0.169. The van der Waals surface area contributed by atoms with E-state index in [9.17, 15) is 31.1 Å². The van der Waals surface area contributed by atoms with Crippen LogP contribution in [0.25, 0.3) is 33.9 Å². The molecule has 2 fully saturated rings. The molecule has 4 aromatic rings. The Labute approximate surface area is 289 Å². The lowest BCUT2D eigenvalue weighted by molar-refractivity contribution is -0.143. The Balaban J connectivity index is 1.36. The minimum Gasteiger partial charge on any atom is -0.481 e. The summed E-state index contributed by atoms with van der Waals surface area (Å²) in [7, 11) is 3.45. The fourth-order valence-corrected chi connectivity index (χ4v) is 7.07. The Kier molecular flexibility index (Phi) is 10.1. The minimum atomic E-state index is -5.02. The van der Waals surface area contributed by atoms with Crippen molar-refractivity contribution in [3.05, 3.63) is 47.8 Å². The van der Waals surface area contributed by atoms with Gasteiger partial charge in [0.25, 0.3) is 0 Å². The van der Waals surface area contributed by atoms with Gasteiger partial charge in [-0.1, -0.05) is 12.8 Å². The first-order valence-corrected chi connectivity index (χ1v) is 16.6. The molecule has 0 atom stereocenters. The molecule has 17 heteroatoms. The molecule has 0 unspecified atom stereocenters. The molecule has 1 saturated carbocycles. The van der Waals surface area contributed by atoms with Crippen molar-refractivity contribution in [2.24, 2.45) is 5.41 Å². The van der Waals surface area contributed by atoms with Gasteiger partial charge in [0.1, 0.15) is 17.0 Å². The molecule has 11 nitrogen and oxygen atoms in total. The molecule has 51 heavy (non-hydrogen) atoms. The predicted octanol–water partition coefficient (Wildman–Crippen LogP) is 6.36. The number of hydrogen-bond acceptors (Lipinski definition) is 9. The van der Waals surface area contributed by atoms with Crippen molar-refractivity contribution in [2.45, 2.75) is 44.5 Å². The van der Waals surface area contributed by atoms with Crippen LogP contribution in [-0.4, -0.2) is 101 Å². The number of carbonyl (C=O) groups is 1. The number of alkyl halides is 6. The molecule has 3 aromatic heterocycles. The first kappa shape index (κ1) is 36.3. The number of aromatic nitrogens is 5. The van der Waals surface area contributed by atoms with Crippen molar-refractivity contribution in [1.82, 2.24) is 29.8 Å². The summed E-state index contributed by atoms with van der Waals surface area (Å²) in [4.78, 5) is 38.4. The molecule has 4 heterocycles. The molecule has 2 N–H and O–H groups in total. The van der Waals surface area contributed by atoms with Crippen molar-refractivity contribution in [1.29, 1.82) is 0 Å². The van der Waals surface area contributed by atoms with Gasteiger partial charge in [-0.05, 0) is 37.1 Å². The van der Waals surface area contributed by atoms with Crippen molar-refractivity contribution in [2.75, 3.05) is 69.8 Å². The van der Waals surface area contributed by atoms with Crippen LogP contribution in [0.2, 0.25) is 0 Å². The summed E-state index contributed by atoms with van der Waals surface area (Å²) >= 11 is 0. The van der Waals surface area contributed by atoms with Gasteiger partial charge in [-0.25, -0.2) is 19.9 Å². The minimum absolute atomic E-state index is 0.0719. The summed E-state index contributed by atoms with van der Waals surface area (Å²) in [5.74, 6) is 0.0534. The molecule has 6 rings (SSSR count). The number of ether oxygens (including phenoxy) is 1. The summed E-state index contributed by atoms with van der Waals surface area (Å²) in [6, 6.07) is 2.92. The van der Waals surface area contributed by atoms with Gasteiger partial charge in [0.2, 0.25) is 0 Å². The largest absolute Gasteiger partial charge is 0.481 e. The van der Waals surface area contributed by atoms with Gasteiger partial charge in [-0.3, -0.25) is 9.69 Å². The van der Waals surface area contributed by atoms with Gasteiger partial charge >= 0.3 is 18.3 Å². The van der Waals surface area contributed by atoms with E-state index in [-0.39, 0.29) is 40.6 Å². The van der Waals surface area contributed by atoms with Gasteiger partial charge in [-0.15, -0.1) is 0 Å². The van der Waals surface area contributed by atoms with Crippen molar-refractivity contribution < 1.29 is 41.0 Å². The molecule has 0 radical (unpaired) electrons. The van der Waals surface area contributed by atoms with Crippen LogP contribution in [0.4, 0.5) is 37.8 Å². The Morgan fingerprint density at radius 2 is 1.61 bits per heavy atom. The highest BCUT2D eigenvalue weighted by Crippen LogP contribution is 2.42. The number of rotatable bonds is 11. The second kappa shape index (κ2) is 14.3. The number of carboxylic acid groups (broad SMARTS) is 1. The number of hydrogen-bond donors (Lipinski definition) is 2. The standard InChI is InChI=1S/C34H38F6N8O3/c1-46(19-32(20-51-2)6-3-4-7-32)26-16-24(21-13-22(33(35,36)37)15-23(14-21)34(38,39)40)43-31-29(26)44-30(45-31)25-17-42-27(18-41-25)48-11-9-47(10-12-48)8-5-28(49)50/h13-18H,3-12,19-20H2,1-2H3,(H,49,50)(H,43,44,45). The van der Waals surface area contributed by atoms with E-state index in [2.05, 4.69) is 29.8 Å². The number of carboxylic acids is 1. The summed E-state index contributed by atoms with van der Waals surface area (Å²) < 4.78 is 88.4. The third-order valence-electron chi connectivity index (χ3n) is 9.64. The maximum absolute atomic E-state index is 13.8. The van der Waals surface area contributed by atoms with E-state index in [0.717, 1.165) is 25.7 Å². The van der Waals surface area contributed by atoms with Crippen LogP contribution in [0, 0.1) is 5.41 Å². The van der Waals surface area contributed by atoms with Gasteiger partial charge in [-0.2, -0.15) is 26.3 Å². The smallest absolute Gasteiger partial charge is 0.416 e. The van der Waals surface area contributed by atoms with Crippen molar-refractivity contribution >= 4 is 28.6 Å². The normalized spacial score (nSPS) is 17.0. The molecule has 1 aliphatic carbocycles. The van der Waals surface area contributed by atoms with E-state index in [0.29, 0.717) is 80.7 Å². The Morgan fingerprint density at radius 3 is 2.18 bits per heavy atom. The van der Waals surface area contributed by atoms with Crippen LogP contribution in [0.3, 0.4) is 0 Å². The van der Waals surface area contributed by atoms with Crippen LogP contribution in [0.5, 0.6) is 0 Å². The summed E-state index contributed by atoms with van der Waals surface area (Å²) in [6.07, 6.45) is -3.00. The zero-order valence-electron chi connectivity index (χ0n) is 28.1. The number of aliphatic carboxylic acids is 1. The number of benzene rings is 1. The molecule has 2 aliphatic rings. The van der Waals surface area contributed by atoms with E-state index in [1.54, 1.807) is 13.3 Å². The van der Waals surface area contributed by atoms with Crippen molar-refractivity contribution in [3.8, 4) is 22.8 Å². The molecule has 1 aromatic carbocycles. The number of anilines is 2. The molecule has 0 spiro atoms. The van der Waals surface area contributed by atoms with E-state index in [4.69, 9.17) is 9.84 Å². The Bertz CT molecular complexity index is 1820. The zero-order valence-corrected chi connectivity index (χ0v) is 28.1. The summed E-state index contributed by atoms with van der Waals surface area (Å²) in [6.45, 7) is 4.10. The highest BCUT2D eigenvalue weighted by atomic mass is 19.4. The van der Waals surface area contributed by atoms with E-state index in [1.807, 2.05) is 16.8 Å². The molecule has 0 bridgehead atoms. The lowest BCUT2D eigenvalue weighted by atomic mass is 9.86. The summed E-state index contributed by atoms with van der Waals surface area (Å²) in [5, 5.41) is 8.96. The number of aromatic amines is 1. The highest BCUT2D eigenvalue weighted by Gasteiger charge is 2.38. The average molecular weight is 721 g/mol. The van der Waals surface area contributed by atoms with E-state index >= 15 is 0 Å². The number of nitrogens with zero attached hydrogens (tertiary/aromatic N) is 7. The molecule has 1 saturated heterocycles. The Morgan fingerprint density at radius 1 is 0.941 bits per heavy atom. The second-order valence-corrected chi connectivity index (χ2v) is 13.3. The van der Waals surface area contributed by atoms with Crippen LogP contribution in [0.1, 0.15) is 43.2 Å². The lowest BCUT2D eigenvalue weighted by Gasteiger charge is -2.34. The van der Waals surface area contributed by atoms with E-state index < -0.39 is 29.4 Å². The lowest BCUT2D eigenvalue weighted by Crippen LogP contribution is -2.47. The van der Waals surface area contributed by atoms with E-state index in [1.165, 1.54) is 12.3 Å². The predicted molar refractivity (Wildman–Crippen MR) is 177 cm³/mol. The monoisotopic (exact) mass is 720 g/mol. The number of pyridine rings is 1. The maximum Gasteiger partial charge on any atom is 0.416 e. The number of halogens is 6. The number of methoxy groups -OCH3 is 1. The Hall–Kier alpha value is -4.51. The van der Waals surface area contributed by atoms with Gasteiger partial charge in [0, 0.05) is 64.4 Å². The third kappa shape index (κ3) is 8.19. The second-order valence-electron chi connectivity index (χ2n) is 13.3. The van der Waals surface area contributed by atoms with Gasteiger partial charge in [0.05, 0.1) is 47.9 Å². The summed E-state index contributed by atoms with van der Waals surface area (Å²) in [5.41, 5.74) is -2.13. The SMILES string of the molecule is COCC1(CN(C)c2cc(-c3cc(C(F)(F)F)cc(C(F)(F)F)c3)nc3nc(-c4cnc(N5CCN(CCC(=O)O)CC5)cn4)[nH]c23)CCCC1. The van der Waals surface area contributed by atoms with Crippen molar-refractivity contribution in [3.63, 3.8) is 0 Å². The number of nitrogens with one attached hydrogen (secondary N) is 1. The fraction of sp³-hybridized carbons (Fsp3) is 0.500. The molecule has 1 aliphatic heterocycles. The maximum atomic E-state index is 13.8. The average Bonchev–Trinajstić information content (AvgIpc) is 3.74. The number of piperazine rings is 1. The first-order valence-electron chi connectivity index (χ1n) is 16.6. The van der Waals surface area contributed by atoms with Crippen LogP contribution in [0.15, 0.2) is 36.7 Å². The van der Waals surface area contributed by atoms with Crippen LogP contribution >= 0.6 is 0 Å². The van der Waals surface area contributed by atoms with Gasteiger partial charge < -0.3 is 24.6 Å². The molecular weight excluding hydrogens is 682 g/mol. The van der Waals surface area contributed by atoms with Crippen LogP contribution < -0.4 is 9.80 Å². The molecular formula is C34H38F6N8O3. The highest BCUT2D eigenvalue weighted by molar-refractivity contribution is 5.91. The first-order chi connectivity index (χ1) is 24.1. The third-order valence-corrected chi connectivity index (χ3v) is 9.64.